The number of hydrogen-bond donors (Lipinski definition) is 0. The minimum atomic E-state index is -0.686. The third kappa shape index (κ3) is 2.14. The van der Waals surface area contributed by atoms with E-state index in [9.17, 15) is 14.4 Å². The van der Waals surface area contributed by atoms with Crippen LogP contribution in [-0.4, -0.2) is 18.7 Å². The zero-order chi connectivity index (χ0) is 20.5. The number of carbonyl (C=O) groups excluding carboxylic acids is 2. The Kier molecular flexibility index (Phi) is 4.29. The van der Waals surface area contributed by atoms with E-state index in [0.29, 0.717) is 28.9 Å². The molecule has 146 valence electrons. The number of allylic oxidation sites excluding steroid dienone is 1. The van der Waals surface area contributed by atoms with Gasteiger partial charge < -0.3 is 9.15 Å². The Hall–Kier alpha value is -2.17. The number of ketones is 2. The molecule has 1 aromatic heterocycles. The summed E-state index contributed by atoms with van der Waals surface area (Å²) in [5.41, 5.74) is -0.0613. The van der Waals surface area contributed by atoms with Crippen LogP contribution in [0.25, 0.3) is 0 Å². The Morgan fingerprint density at radius 3 is 2.30 bits per heavy atom. The zero-order valence-electron chi connectivity index (χ0n) is 17.2. The third-order valence-electron chi connectivity index (χ3n) is 7.32. The van der Waals surface area contributed by atoms with E-state index in [1.807, 2.05) is 20.8 Å². The highest BCUT2D eigenvalue weighted by atomic mass is 16.6. The van der Waals surface area contributed by atoms with E-state index in [2.05, 4.69) is 6.58 Å². The monoisotopic (exact) mass is 372 g/mol. The summed E-state index contributed by atoms with van der Waals surface area (Å²) in [6.45, 7) is 15.0. The molecule has 0 radical (unpaired) electrons. The van der Waals surface area contributed by atoms with E-state index in [4.69, 9.17) is 9.15 Å². The summed E-state index contributed by atoms with van der Waals surface area (Å²) in [5.74, 6) is 0.127. The normalized spacial score (nSPS) is 34.3. The molecule has 0 aliphatic heterocycles. The molecule has 0 aromatic carbocycles. The first-order valence-electron chi connectivity index (χ1n) is 9.45. The fraction of sp³-hybridized carbons (Fsp3) is 0.591. The molecule has 5 atom stereocenters. The molecule has 0 N–H and O–H groups in total. The molecule has 0 bridgehead atoms. The quantitative estimate of drug-likeness (QED) is 0.739. The van der Waals surface area contributed by atoms with Crippen LogP contribution in [0.3, 0.4) is 0 Å². The zero-order valence-corrected chi connectivity index (χ0v) is 17.2. The van der Waals surface area contributed by atoms with Crippen molar-refractivity contribution in [3.8, 4) is 5.95 Å². The van der Waals surface area contributed by atoms with Crippen LogP contribution in [-0.2, 0) is 15.0 Å². The predicted molar refractivity (Wildman–Crippen MR) is 102 cm³/mol. The van der Waals surface area contributed by atoms with Gasteiger partial charge in [-0.3, -0.25) is 14.4 Å². The highest BCUT2D eigenvalue weighted by Gasteiger charge is 2.84. The van der Waals surface area contributed by atoms with Gasteiger partial charge in [-0.2, -0.15) is 0 Å². The van der Waals surface area contributed by atoms with Crippen LogP contribution >= 0.6 is 0 Å². The standard InChI is InChI=1S/C22H28O5/c1-9-14(23)10(2)15-11(3)18(25)21(6)17(15)22(21,7)19-12(4)16(24)13(5)20(26-8)27-19/h11,15,17H,2,9H2,1,3-8H3/t11-,15+,17-,21-,22-/m1/s1. The van der Waals surface area contributed by atoms with Gasteiger partial charge in [0, 0.05) is 34.7 Å². The van der Waals surface area contributed by atoms with E-state index >= 15 is 0 Å². The Labute approximate surface area is 159 Å². The number of carbonyl (C=O) groups is 2. The molecule has 1 aromatic rings. The van der Waals surface area contributed by atoms with Crippen molar-refractivity contribution in [2.24, 2.45) is 23.2 Å². The summed E-state index contributed by atoms with van der Waals surface area (Å²) >= 11 is 0. The first kappa shape index (κ1) is 19.6. The van der Waals surface area contributed by atoms with Crippen molar-refractivity contribution >= 4 is 11.6 Å². The highest BCUT2D eigenvalue weighted by molar-refractivity contribution is 6.02. The summed E-state index contributed by atoms with van der Waals surface area (Å²) in [5, 5.41) is 0. The Bertz CT molecular complexity index is 923. The molecule has 3 rings (SSSR count). The van der Waals surface area contributed by atoms with E-state index in [0.717, 1.165) is 0 Å². The van der Waals surface area contributed by atoms with Crippen molar-refractivity contribution in [2.45, 2.75) is 53.4 Å². The largest absolute Gasteiger partial charge is 0.468 e. The van der Waals surface area contributed by atoms with Crippen molar-refractivity contribution < 1.29 is 18.7 Å². The first-order valence-corrected chi connectivity index (χ1v) is 9.45. The van der Waals surface area contributed by atoms with Gasteiger partial charge in [0.05, 0.1) is 12.7 Å². The average molecular weight is 372 g/mol. The van der Waals surface area contributed by atoms with Crippen LogP contribution in [0.1, 0.15) is 51.0 Å². The SMILES string of the molecule is C=C(C(=O)CC)[C@@H]1[C@@H]2[C@](C)(C(=O)[C@@H]1C)[C@@]2(C)c1oc(OC)c(C)c(=O)c1C. The van der Waals surface area contributed by atoms with E-state index in [-0.39, 0.29) is 40.7 Å². The van der Waals surface area contributed by atoms with Gasteiger partial charge >= 0.3 is 0 Å². The molecule has 0 unspecified atom stereocenters. The fourth-order valence-electron chi connectivity index (χ4n) is 5.60. The van der Waals surface area contributed by atoms with Gasteiger partial charge in [-0.05, 0) is 25.3 Å². The lowest BCUT2D eigenvalue weighted by Gasteiger charge is -2.27. The predicted octanol–water partition coefficient (Wildman–Crippen LogP) is 3.53. The van der Waals surface area contributed by atoms with Gasteiger partial charge in [0.25, 0.3) is 5.95 Å². The molecule has 1 heterocycles. The molecule has 5 nitrogen and oxygen atoms in total. The summed E-state index contributed by atoms with van der Waals surface area (Å²) in [6, 6.07) is 0. The third-order valence-corrected chi connectivity index (χ3v) is 7.32. The molecular formula is C22H28O5. The molecule has 0 amide bonds. The maximum atomic E-state index is 13.2. The molecule has 2 aliphatic rings. The van der Waals surface area contributed by atoms with Crippen LogP contribution in [0.15, 0.2) is 21.4 Å². The lowest BCUT2D eigenvalue weighted by molar-refractivity contribution is -0.126. The maximum absolute atomic E-state index is 13.2. The van der Waals surface area contributed by atoms with Gasteiger partial charge in [-0.15, -0.1) is 0 Å². The van der Waals surface area contributed by atoms with Gasteiger partial charge in [-0.25, -0.2) is 0 Å². The molecule has 0 saturated heterocycles. The minimum absolute atomic E-state index is 0.0159. The molecule has 2 saturated carbocycles. The fourth-order valence-corrected chi connectivity index (χ4v) is 5.60. The first-order chi connectivity index (χ1) is 12.5. The van der Waals surface area contributed by atoms with Gasteiger partial charge in [0.1, 0.15) is 11.5 Å². The second kappa shape index (κ2) is 5.91. The Morgan fingerprint density at radius 1 is 1.19 bits per heavy atom. The van der Waals surface area contributed by atoms with E-state index < -0.39 is 10.8 Å². The van der Waals surface area contributed by atoms with Crippen LogP contribution in [0.5, 0.6) is 5.95 Å². The van der Waals surface area contributed by atoms with Crippen LogP contribution in [0, 0.1) is 37.0 Å². The van der Waals surface area contributed by atoms with Crippen molar-refractivity contribution in [3.05, 3.63) is 39.3 Å². The molecule has 2 aliphatic carbocycles. The van der Waals surface area contributed by atoms with E-state index in [1.54, 1.807) is 20.8 Å². The Morgan fingerprint density at radius 2 is 1.78 bits per heavy atom. The summed E-state index contributed by atoms with van der Waals surface area (Å²) in [4.78, 5) is 38.2. The van der Waals surface area contributed by atoms with Gasteiger partial charge in [-0.1, -0.05) is 34.3 Å². The molecule has 27 heavy (non-hydrogen) atoms. The molecule has 0 spiro atoms. The summed E-state index contributed by atoms with van der Waals surface area (Å²) in [7, 11) is 1.46. The lowest BCUT2D eigenvalue weighted by atomic mass is 9.75. The van der Waals surface area contributed by atoms with Gasteiger partial charge in [0.2, 0.25) is 0 Å². The smallest absolute Gasteiger partial charge is 0.291 e. The number of rotatable bonds is 5. The summed E-state index contributed by atoms with van der Waals surface area (Å²) < 4.78 is 11.3. The van der Waals surface area contributed by atoms with Crippen molar-refractivity contribution in [1.29, 1.82) is 0 Å². The number of hydrogen-bond acceptors (Lipinski definition) is 5. The highest BCUT2D eigenvalue weighted by Crippen LogP contribution is 2.79. The second-order valence-electron chi connectivity index (χ2n) is 8.36. The second-order valence-corrected chi connectivity index (χ2v) is 8.36. The average Bonchev–Trinajstić information content (AvgIpc) is 3.06. The van der Waals surface area contributed by atoms with Crippen molar-refractivity contribution in [2.75, 3.05) is 7.11 Å². The molecule has 5 heteroatoms. The van der Waals surface area contributed by atoms with Crippen LogP contribution in [0.4, 0.5) is 0 Å². The number of ether oxygens (including phenoxy) is 1. The van der Waals surface area contributed by atoms with Gasteiger partial charge in [0.15, 0.2) is 11.2 Å². The van der Waals surface area contributed by atoms with Crippen LogP contribution in [0.2, 0.25) is 0 Å². The van der Waals surface area contributed by atoms with Crippen molar-refractivity contribution in [3.63, 3.8) is 0 Å². The Balaban J connectivity index is 2.18. The number of Topliss-reactive ketones (excluding diaryl/α,β-unsaturated/α-hetero) is 2. The summed E-state index contributed by atoms with van der Waals surface area (Å²) in [6.07, 6.45) is 0.364. The minimum Gasteiger partial charge on any atom is -0.468 e. The van der Waals surface area contributed by atoms with E-state index in [1.165, 1.54) is 7.11 Å². The topological polar surface area (TPSA) is 73.6 Å². The van der Waals surface area contributed by atoms with Crippen LogP contribution < -0.4 is 10.2 Å². The van der Waals surface area contributed by atoms with Crippen molar-refractivity contribution in [1.82, 2.24) is 0 Å². The maximum Gasteiger partial charge on any atom is 0.291 e. The molecular weight excluding hydrogens is 344 g/mol. The molecule has 2 fully saturated rings. The number of fused-ring (bicyclic) bond motifs is 1. The lowest BCUT2D eigenvalue weighted by Crippen LogP contribution is -2.33. The number of methoxy groups -OCH3 is 1.